The molecular formula is C17H18N4O2S. The lowest BCUT2D eigenvalue weighted by atomic mass is 10.3. The maximum Gasteiger partial charge on any atom is 0.252 e. The average molecular weight is 342 g/mol. The van der Waals surface area contributed by atoms with Gasteiger partial charge < -0.3 is 15.6 Å². The Morgan fingerprint density at radius 3 is 2.88 bits per heavy atom. The highest BCUT2D eigenvalue weighted by Gasteiger charge is 2.14. The van der Waals surface area contributed by atoms with Crippen LogP contribution in [0.15, 0.2) is 41.1 Å². The van der Waals surface area contributed by atoms with Crippen molar-refractivity contribution in [3.8, 4) is 0 Å². The predicted molar refractivity (Wildman–Crippen MR) is 93.9 cm³/mol. The Morgan fingerprint density at radius 2 is 2.12 bits per heavy atom. The summed E-state index contributed by atoms with van der Waals surface area (Å²) in [5.74, 6) is 0.426. The number of thiophene rings is 1. The highest BCUT2D eigenvalue weighted by atomic mass is 32.1. The third-order valence-corrected chi connectivity index (χ3v) is 4.30. The van der Waals surface area contributed by atoms with Crippen molar-refractivity contribution in [1.29, 1.82) is 0 Å². The fourth-order valence-electron chi connectivity index (χ4n) is 2.34. The smallest absolute Gasteiger partial charge is 0.252 e. The summed E-state index contributed by atoms with van der Waals surface area (Å²) in [6.07, 6.45) is 0.223. The van der Waals surface area contributed by atoms with Crippen LogP contribution in [0, 0.1) is 0 Å². The summed E-state index contributed by atoms with van der Waals surface area (Å²) in [5, 5.41) is 9.24. The van der Waals surface area contributed by atoms with Crippen molar-refractivity contribution in [2.75, 3.05) is 6.54 Å². The Hall–Kier alpha value is -2.67. The van der Waals surface area contributed by atoms with Crippen molar-refractivity contribution in [1.82, 2.24) is 20.6 Å². The second kappa shape index (κ2) is 7.27. The van der Waals surface area contributed by atoms with E-state index in [1.165, 1.54) is 11.3 Å². The summed E-state index contributed by atoms with van der Waals surface area (Å²) in [5.41, 5.74) is 2.43. The molecular weight excluding hydrogens is 324 g/mol. The maximum absolute atomic E-state index is 12.0. The molecule has 2 heterocycles. The topological polar surface area (TPSA) is 86.9 Å². The van der Waals surface area contributed by atoms with Crippen LogP contribution in [-0.4, -0.2) is 28.3 Å². The van der Waals surface area contributed by atoms with Gasteiger partial charge in [0, 0.05) is 23.9 Å². The first-order chi connectivity index (χ1) is 11.6. The molecule has 124 valence electrons. The molecule has 0 radical (unpaired) electrons. The van der Waals surface area contributed by atoms with Crippen molar-refractivity contribution in [3.05, 3.63) is 52.5 Å². The Kier molecular flexibility index (Phi) is 4.90. The van der Waals surface area contributed by atoms with Gasteiger partial charge in [0.15, 0.2) is 0 Å². The number of para-hydroxylation sites is 2. The number of hydrogen-bond donors (Lipinski definition) is 3. The number of H-pyrrole nitrogens is 1. The molecule has 0 bridgehead atoms. The van der Waals surface area contributed by atoms with E-state index < -0.39 is 0 Å². The first-order valence-electron chi connectivity index (χ1n) is 7.68. The molecule has 3 N–H and O–H groups in total. The number of nitrogens with one attached hydrogen (secondary N) is 3. The third kappa shape index (κ3) is 3.80. The van der Waals surface area contributed by atoms with E-state index in [1.807, 2.05) is 36.6 Å². The zero-order valence-electron chi connectivity index (χ0n) is 13.2. The van der Waals surface area contributed by atoms with Gasteiger partial charge >= 0.3 is 0 Å². The minimum atomic E-state index is -0.225. The summed E-state index contributed by atoms with van der Waals surface area (Å²) >= 11 is 1.46. The Labute approximate surface area is 143 Å². The zero-order chi connectivity index (χ0) is 16.9. The molecule has 3 aromatic rings. The van der Waals surface area contributed by atoms with E-state index in [-0.39, 0.29) is 24.3 Å². The minimum Gasteiger partial charge on any atom is -0.351 e. The van der Waals surface area contributed by atoms with Gasteiger partial charge in [0.2, 0.25) is 5.91 Å². The van der Waals surface area contributed by atoms with Crippen LogP contribution in [0.1, 0.15) is 35.6 Å². The molecule has 1 atom stereocenters. The van der Waals surface area contributed by atoms with Crippen molar-refractivity contribution in [2.24, 2.45) is 0 Å². The van der Waals surface area contributed by atoms with E-state index in [2.05, 4.69) is 20.6 Å². The molecule has 0 aliphatic heterocycles. The van der Waals surface area contributed by atoms with Gasteiger partial charge in [-0.3, -0.25) is 9.59 Å². The normalized spacial score (nSPS) is 12.0. The molecule has 0 saturated heterocycles. The average Bonchev–Trinajstić information content (AvgIpc) is 3.24. The number of carbonyl (C=O) groups excluding carboxylic acids is 2. The fraction of sp³-hybridized carbons (Fsp3) is 0.235. The number of aromatic amines is 1. The standard InChI is InChI=1S/C17H18N4O2S/c1-11(16-20-13-4-2-3-5-14(13)21-16)19-15(22)6-8-18-17(23)12-7-9-24-10-12/h2-5,7,9-11H,6,8H2,1H3,(H,18,23)(H,19,22)(H,20,21). The second-order valence-electron chi connectivity index (χ2n) is 5.45. The third-order valence-electron chi connectivity index (χ3n) is 3.62. The molecule has 0 aliphatic rings. The van der Waals surface area contributed by atoms with E-state index in [1.54, 1.807) is 11.4 Å². The SMILES string of the molecule is CC(NC(=O)CCNC(=O)c1ccsc1)c1nc2ccccc2[nH]1. The summed E-state index contributed by atoms with van der Waals surface area (Å²) in [4.78, 5) is 31.5. The van der Waals surface area contributed by atoms with Gasteiger partial charge in [-0.25, -0.2) is 4.98 Å². The van der Waals surface area contributed by atoms with Crippen LogP contribution in [0.3, 0.4) is 0 Å². The molecule has 2 aromatic heterocycles. The lowest BCUT2D eigenvalue weighted by Crippen LogP contribution is -2.32. The molecule has 0 aliphatic carbocycles. The van der Waals surface area contributed by atoms with E-state index in [0.717, 1.165) is 11.0 Å². The van der Waals surface area contributed by atoms with E-state index in [0.29, 0.717) is 17.9 Å². The Morgan fingerprint density at radius 1 is 1.29 bits per heavy atom. The van der Waals surface area contributed by atoms with Gasteiger partial charge in [0.25, 0.3) is 5.91 Å². The summed E-state index contributed by atoms with van der Waals surface area (Å²) < 4.78 is 0. The van der Waals surface area contributed by atoms with Crippen molar-refractivity contribution in [3.63, 3.8) is 0 Å². The maximum atomic E-state index is 12.0. The molecule has 0 fully saturated rings. The number of aromatic nitrogens is 2. The highest BCUT2D eigenvalue weighted by molar-refractivity contribution is 7.08. The number of hydrogen-bond acceptors (Lipinski definition) is 4. The molecule has 1 unspecified atom stereocenters. The number of imidazole rings is 1. The monoisotopic (exact) mass is 342 g/mol. The largest absolute Gasteiger partial charge is 0.351 e. The fourth-order valence-corrected chi connectivity index (χ4v) is 2.98. The van der Waals surface area contributed by atoms with Crippen molar-refractivity contribution in [2.45, 2.75) is 19.4 Å². The van der Waals surface area contributed by atoms with Crippen LogP contribution >= 0.6 is 11.3 Å². The lowest BCUT2D eigenvalue weighted by molar-refractivity contribution is -0.121. The van der Waals surface area contributed by atoms with E-state index in [4.69, 9.17) is 0 Å². The van der Waals surface area contributed by atoms with Crippen molar-refractivity contribution < 1.29 is 9.59 Å². The summed E-state index contributed by atoms with van der Waals surface area (Å²) in [6, 6.07) is 9.25. The number of rotatable bonds is 6. The molecule has 24 heavy (non-hydrogen) atoms. The molecule has 2 amide bonds. The minimum absolute atomic E-state index is 0.131. The number of carbonyl (C=O) groups is 2. The highest BCUT2D eigenvalue weighted by Crippen LogP contribution is 2.15. The Bertz CT molecular complexity index is 808. The predicted octanol–water partition coefficient (Wildman–Crippen LogP) is 2.62. The molecule has 6 nitrogen and oxygen atoms in total. The molecule has 1 aromatic carbocycles. The molecule has 0 saturated carbocycles. The molecule has 7 heteroatoms. The van der Waals surface area contributed by atoms with Crippen LogP contribution in [-0.2, 0) is 4.79 Å². The van der Waals surface area contributed by atoms with Gasteiger partial charge in [-0.1, -0.05) is 12.1 Å². The van der Waals surface area contributed by atoms with Crippen LogP contribution < -0.4 is 10.6 Å². The summed E-state index contributed by atoms with van der Waals surface area (Å²) in [6.45, 7) is 2.17. The summed E-state index contributed by atoms with van der Waals surface area (Å²) in [7, 11) is 0. The van der Waals surface area contributed by atoms with Crippen molar-refractivity contribution >= 4 is 34.2 Å². The zero-order valence-corrected chi connectivity index (χ0v) is 14.0. The van der Waals surface area contributed by atoms with Gasteiger partial charge in [-0.15, -0.1) is 0 Å². The lowest BCUT2D eigenvalue weighted by Gasteiger charge is -2.11. The number of fused-ring (bicyclic) bond motifs is 1. The molecule has 0 spiro atoms. The van der Waals surface area contributed by atoms with Crippen LogP contribution in [0.2, 0.25) is 0 Å². The van der Waals surface area contributed by atoms with Gasteiger partial charge in [-0.2, -0.15) is 11.3 Å². The van der Waals surface area contributed by atoms with Gasteiger partial charge in [0.1, 0.15) is 5.82 Å². The first-order valence-corrected chi connectivity index (χ1v) is 8.62. The number of benzene rings is 1. The second-order valence-corrected chi connectivity index (χ2v) is 6.23. The number of amides is 2. The van der Waals surface area contributed by atoms with Crippen LogP contribution in [0.25, 0.3) is 11.0 Å². The number of nitrogens with zero attached hydrogens (tertiary/aromatic N) is 1. The van der Waals surface area contributed by atoms with Gasteiger partial charge in [-0.05, 0) is 30.5 Å². The van der Waals surface area contributed by atoms with Gasteiger partial charge in [0.05, 0.1) is 17.1 Å². The quantitative estimate of drug-likeness (QED) is 0.643. The Balaban J connectivity index is 1.48. The van der Waals surface area contributed by atoms with Crippen LogP contribution in [0.4, 0.5) is 0 Å². The van der Waals surface area contributed by atoms with E-state index in [9.17, 15) is 9.59 Å². The first kappa shape index (κ1) is 16.2. The molecule has 3 rings (SSSR count). The van der Waals surface area contributed by atoms with E-state index >= 15 is 0 Å². The van der Waals surface area contributed by atoms with Crippen LogP contribution in [0.5, 0.6) is 0 Å².